The lowest BCUT2D eigenvalue weighted by atomic mass is 9.99. The van der Waals surface area contributed by atoms with Gasteiger partial charge < -0.3 is 33.8 Å². The highest BCUT2D eigenvalue weighted by Gasteiger charge is 2.31. The molecule has 3 N–H and O–H groups in total. The van der Waals surface area contributed by atoms with Crippen LogP contribution in [0.4, 0.5) is 0 Å². The van der Waals surface area contributed by atoms with Crippen molar-refractivity contribution in [1.82, 2.24) is 0 Å². The molecule has 0 rings (SSSR count). The summed E-state index contributed by atoms with van der Waals surface area (Å²) < 4.78 is 69.1. The van der Waals surface area contributed by atoms with E-state index >= 15 is 0 Å². The Bertz CT molecular complexity index is 2150. The van der Waals surface area contributed by atoms with Crippen molar-refractivity contribution in [2.75, 3.05) is 39.6 Å². The molecule has 0 saturated carbocycles. The van der Waals surface area contributed by atoms with Crippen LogP contribution in [0.5, 0.6) is 0 Å². The van der Waals surface area contributed by atoms with E-state index in [1.807, 2.05) is 0 Å². The number of hydrogen-bond acceptors (Lipinski definition) is 15. The molecule has 0 bridgehead atoms. The number of aliphatic hydroxyl groups is 1. The molecule has 6 atom stereocenters. The lowest BCUT2D eigenvalue weighted by Crippen LogP contribution is -2.30. The van der Waals surface area contributed by atoms with Gasteiger partial charge in [0.2, 0.25) is 0 Å². The second-order valence-corrected chi connectivity index (χ2v) is 37.4. The molecule has 0 spiro atoms. The minimum Gasteiger partial charge on any atom is -0.462 e. The molecule has 0 heterocycles. The second-order valence-electron chi connectivity index (χ2n) is 34.5. The number of aliphatic hydroxyl groups excluding tert-OH is 1. The highest BCUT2D eigenvalue weighted by atomic mass is 31.2. The first kappa shape index (κ1) is 111. The third-order valence-corrected chi connectivity index (χ3v) is 24.5. The monoisotopic (exact) mass is 1650 g/mol. The van der Waals surface area contributed by atoms with E-state index in [4.69, 9.17) is 37.0 Å². The maximum absolute atomic E-state index is 13.2. The molecule has 19 heteroatoms. The number of carbonyl (C=O) groups is 4. The Morgan fingerprint density at radius 2 is 0.451 bits per heavy atom. The topological polar surface area (TPSA) is 237 Å². The fraction of sp³-hybridized carbons (Fsp3) is 0.957. The summed E-state index contributed by atoms with van der Waals surface area (Å²) in [6.45, 7) is 9.81. The molecular weight excluding hydrogens is 1460 g/mol. The highest BCUT2D eigenvalue weighted by molar-refractivity contribution is 7.47. The lowest BCUT2D eigenvalue weighted by molar-refractivity contribution is -0.161. The van der Waals surface area contributed by atoms with Crippen LogP contribution >= 0.6 is 15.6 Å². The van der Waals surface area contributed by atoms with Crippen LogP contribution < -0.4 is 0 Å². The van der Waals surface area contributed by atoms with Crippen LogP contribution in [-0.4, -0.2) is 96.7 Å². The van der Waals surface area contributed by atoms with E-state index in [2.05, 4.69) is 41.5 Å². The summed E-state index contributed by atoms with van der Waals surface area (Å²) in [6, 6.07) is 0. The normalized spacial score (nSPS) is 13.9. The number of carbonyl (C=O) groups excluding carboxylic acids is 4. The summed E-state index contributed by atoms with van der Waals surface area (Å²) in [4.78, 5) is 73.4. The van der Waals surface area contributed by atoms with Gasteiger partial charge in [-0.3, -0.25) is 37.3 Å². The first-order chi connectivity index (χ1) is 54.9. The second kappa shape index (κ2) is 85.1. The molecule has 0 aliphatic heterocycles. The molecule has 0 aromatic heterocycles. The average molecular weight is 1650 g/mol. The van der Waals surface area contributed by atoms with Gasteiger partial charge in [-0.2, -0.15) is 0 Å². The van der Waals surface area contributed by atoms with Gasteiger partial charge in [0.05, 0.1) is 26.4 Å². The Hall–Kier alpha value is -1.94. The van der Waals surface area contributed by atoms with Gasteiger partial charge in [-0.15, -0.1) is 0 Å². The number of unbranched alkanes of at least 4 members (excludes halogenated alkanes) is 62. The van der Waals surface area contributed by atoms with Crippen molar-refractivity contribution in [3.8, 4) is 0 Å². The number of esters is 4. The first-order valence-corrected chi connectivity index (χ1v) is 51.5. The van der Waals surface area contributed by atoms with Crippen molar-refractivity contribution in [2.24, 2.45) is 11.8 Å². The van der Waals surface area contributed by atoms with Gasteiger partial charge >= 0.3 is 39.5 Å². The zero-order valence-corrected chi connectivity index (χ0v) is 76.5. The summed E-state index contributed by atoms with van der Waals surface area (Å²) in [5.41, 5.74) is 0. The number of phosphoric acid groups is 2. The quantitative estimate of drug-likeness (QED) is 0.0222. The molecule has 672 valence electrons. The molecule has 0 aromatic carbocycles. The third-order valence-electron chi connectivity index (χ3n) is 22.6. The van der Waals surface area contributed by atoms with E-state index < -0.39 is 97.5 Å². The third kappa shape index (κ3) is 86.3. The lowest BCUT2D eigenvalue weighted by Gasteiger charge is -2.21. The van der Waals surface area contributed by atoms with Gasteiger partial charge in [0.25, 0.3) is 0 Å². The Morgan fingerprint density at radius 1 is 0.257 bits per heavy atom. The van der Waals surface area contributed by atoms with Gasteiger partial charge in [0.15, 0.2) is 12.2 Å². The zero-order chi connectivity index (χ0) is 82.7. The number of rotatable bonds is 93. The molecule has 0 aliphatic carbocycles. The molecule has 17 nitrogen and oxygen atoms in total. The summed E-state index contributed by atoms with van der Waals surface area (Å²) in [5.74, 6) is -0.400. The minimum atomic E-state index is -4.97. The summed E-state index contributed by atoms with van der Waals surface area (Å²) in [5, 5.41) is 10.7. The maximum Gasteiger partial charge on any atom is 0.472 e. The highest BCUT2D eigenvalue weighted by Crippen LogP contribution is 2.45. The molecule has 0 aliphatic rings. The Kier molecular flexibility index (Phi) is 83.6. The maximum atomic E-state index is 13.2. The van der Waals surface area contributed by atoms with Crippen molar-refractivity contribution in [3.63, 3.8) is 0 Å². The van der Waals surface area contributed by atoms with Gasteiger partial charge in [0, 0.05) is 25.7 Å². The van der Waals surface area contributed by atoms with Gasteiger partial charge in [-0.1, -0.05) is 459 Å². The van der Waals surface area contributed by atoms with Crippen LogP contribution in [0.2, 0.25) is 0 Å². The van der Waals surface area contributed by atoms with Crippen LogP contribution in [0.3, 0.4) is 0 Å². The smallest absolute Gasteiger partial charge is 0.462 e. The molecule has 0 saturated heterocycles. The zero-order valence-electron chi connectivity index (χ0n) is 74.7. The van der Waals surface area contributed by atoms with Crippen molar-refractivity contribution in [2.45, 2.75) is 529 Å². The Morgan fingerprint density at radius 3 is 0.673 bits per heavy atom. The van der Waals surface area contributed by atoms with Crippen molar-refractivity contribution in [1.29, 1.82) is 0 Å². The van der Waals surface area contributed by atoms with Crippen molar-refractivity contribution in [3.05, 3.63) is 0 Å². The average Bonchev–Trinajstić information content (AvgIpc) is 0.867. The van der Waals surface area contributed by atoms with Gasteiger partial charge in [0.1, 0.15) is 19.3 Å². The number of phosphoric ester groups is 2. The molecule has 0 fully saturated rings. The number of ether oxygens (including phenoxy) is 4. The number of hydrogen-bond donors (Lipinski definition) is 3. The van der Waals surface area contributed by atoms with E-state index in [1.54, 1.807) is 0 Å². The van der Waals surface area contributed by atoms with Crippen LogP contribution in [0.15, 0.2) is 0 Å². The molecule has 3 unspecified atom stereocenters. The fourth-order valence-electron chi connectivity index (χ4n) is 14.8. The van der Waals surface area contributed by atoms with Crippen molar-refractivity contribution < 1.29 is 80.2 Å². The van der Waals surface area contributed by atoms with Gasteiger partial charge in [-0.25, -0.2) is 9.13 Å². The summed E-state index contributed by atoms with van der Waals surface area (Å²) in [6.07, 6.45) is 80.8. The predicted octanol–water partition coefficient (Wildman–Crippen LogP) is 29.4. The Labute approximate surface area is 696 Å². The van der Waals surface area contributed by atoms with Crippen LogP contribution in [0, 0.1) is 11.8 Å². The molecule has 0 amide bonds. The van der Waals surface area contributed by atoms with Crippen LogP contribution in [-0.2, 0) is 65.4 Å². The van der Waals surface area contributed by atoms with Gasteiger partial charge in [-0.05, 0) is 37.5 Å². The first-order valence-electron chi connectivity index (χ1n) is 48.5. The standard InChI is InChI=1S/C94H184O17P2/c1-7-10-12-14-16-18-19-20-21-22-23-24-25-33-38-43-48-54-60-66-72-78-93(98)110-89(82-104-91(96)76-70-64-58-50-17-15-13-11-8-2)84-108-112(100,101)106-80-88(95)81-107-113(102,103)109-85-90(83-105-92(97)77-71-65-59-53-47-42-37-32-28-26-30-35-40-45-51-56-62-68-74-86(4)5)111-94(99)79-73-67-61-55-49-44-39-34-29-27-31-36-41-46-52-57-63-69-75-87(6)9-3/h86-90,95H,7-85H2,1-6H3,(H,100,101)(H,102,103)/t87?,88-,89+,90+/m0/s1. The van der Waals surface area contributed by atoms with E-state index in [0.717, 1.165) is 102 Å². The largest absolute Gasteiger partial charge is 0.472 e. The fourth-order valence-corrected chi connectivity index (χ4v) is 16.4. The SMILES string of the molecule is CCCCCCCCCCCCCCCCCCCCCCCC(=O)O[C@H](COC(=O)CCCCCCCCCCC)COP(=O)(O)OC[C@H](O)COP(=O)(O)OC[C@@H](COC(=O)CCCCCCCCCCCCCCCCCCCCC(C)C)OC(=O)CCCCCCCCCCCCCCCCCCCCC(C)CC. The predicted molar refractivity (Wildman–Crippen MR) is 469 cm³/mol. The molecule has 113 heavy (non-hydrogen) atoms. The molecule has 0 radical (unpaired) electrons. The van der Waals surface area contributed by atoms with E-state index in [9.17, 15) is 43.2 Å². The summed E-state index contributed by atoms with van der Waals surface area (Å²) in [7, 11) is -9.94. The van der Waals surface area contributed by atoms with E-state index in [1.165, 1.54) is 327 Å². The minimum absolute atomic E-state index is 0.109. The van der Waals surface area contributed by atoms with Crippen molar-refractivity contribution >= 4 is 39.5 Å². The molecular formula is C94H184O17P2. The summed E-state index contributed by atoms with van der Waals surface area (Å²) >= 11 is 0. The Balaban J connectivity index is 5.18. The molecule has 0 aromatic rings. The van der Waals surface area contributed by atoms with E-state index in [-0.39, 0.29) is 25.7 Å². The van der Waals surface area contributed by atoms with Crippen LogP contribution in [0.25, 0.3) is 0 Å². The van der Waals surface area contributed by atoms with Crippen LogP contribution in [0.1, 0.15) is 510 Å². The van der Waals surface area contributed by atoms with E-state index in [0.29, 0.717) is 25.7 Å².